The molecule has 1 aliphatic rings. The highest BCUT2D eigenvalue weighted by Crippen LogP contribution is 2.36. The number of thioether (sulfide) groups is 1. The van der Waals surface area contributed by atoms with E-state index in [4.69, 9.17) is 0 Å². The Kier molecular flexibility index (Phi) is 5.25. The number of fused-ring (bicyclic) bond motifs is 1. The third-order valence-electron chi connectivity index (χ3n) is 4.60. The van der Waals surface area contributed by atoms with Crippen molar-refractivity contribution in [2.24, 2.45) is 0 Å². The summed E-state index contributed by atoms with van der Waals surface area (Å²) in [5.74, 6) is 0.215. The van der Waals surface area contributed by atoms with E-state index < -0.39 is 0 Å². The summed E-state index contributed by atoms with van der Waals surface area (Å²) in [6.07, 6.45) is 2.80. The van der Waals surface area contributed by atoms with Gasteiger partial charge in [-0.15, -0.1) is 0 Å². The molecule has 4 rings (SSSR count). The first-order valence-electron chi connectivity index (χ1n) is 9.17. The van der Waals surface area contributed by atoms with Gasteiger partial charge in [0.2, 0.25) is 5.91 Å². The van der Waals surface area contributed by atoms with Crippen LogP contribution >= 0.6 is 11.8 Å². The fourth-order valence-electron chi connectivity index (χ4n) is 3.05. The lowest BCUT2D eigenvalue weighted by Crippen LogP contribution is -2.28. The number of rotatable bonds is 7. The maximum Gasteiger partial charge on any atom is 0.262 e. The third kappa shape index (κ3) is 4.22. The first-order chi connectivity index (χ1) is 13.2. The molecule has 138 valence electrons. The highest BCUT2D eigenvalue weighted by atomic mass is 32.2. The van der Waals surface area contributed by atoms with E-state index in [0.717, 1.165) is 19.3 Å². The van der Waals surface area contributed by atoms with E-state index in [1.54, 1.807) is 4.57 Å². The van der Waals surface area contributed by atoms with Crippen molar-refractivity contribution < 1.29 is 4.79 Å². The van der Waals surface area contributed by atoms with Gasteiger partial charge >= 0.3 is 0 Å². The quantitative estimate of drug-likeness (QED) is 0.506. The van der Waals surface area contributed by atoms with Crippen LogP contribution in [0.15, 0.2) is 64.5 Å². The maximum atomic E-state index is 12.8. The van der Waals surface area contributed by atoms with E-state index in [0.29, 0.717) is 22.6 Å². The molecule has 6 heteroatoms. The summed E-state index contributed by atoms with van der Waals surface area (Å²) < 4.78 is 1.77. The number of aromatic nitrogens is 2. The number of hydrogen-bond acceptors (Lipinski definition) is 4. The zero-order valence-corrected chi connectivity index (χ0v) is 15.7. The molecule has 3 aromatic rings. The summed E-state index contributed by atoms with van der Waals surface area (Å²) in [6.45, 7) is 0.601. The predicted octanol–water partition coefficient (Wildman–Crippen LogP) is 3.18. The minimum Gasteiger partial charge on any atom is -0.355 e. The van der Waals surface area contributed by atoms with Crippen LogP contribution in [-0.4, -0.2) is 27.8 Å². The zero-order chi connectivity index (χ0) is 18.6. The van der Waals surface area contributed by atoms with Gasteiger partial charge in [0.25, 0.3) is 5.56 Å². The number of nitrogens with one attached hydrogen (secondary N) is 1. The highest BCUT2D eigenvalue weighted by molar-refractivity contribution is 7.99. The molecule has 2 aromatic carbocycles. The van der Waals surface area contributed by atoms with Crippen LogP contribution in [0.2, 0.25) is 0 Å². The van der Waals surface area contributed by atoms with Gasteiger partial charge in [0, 0.05) is 12.6 Å². The molecule has 5 nitrogen and oxygen atoms in total. The minimum atomic E-state index is -0.0410. The van der Waals surface area contributed by atoms with Crippen LogP contribution in [0.4, 0.5) is 0 Å². The Morgan fingerprint density at radius 2 is 1.85 bits per heavy atom. The molecule has 0 aliphatic heterocycles. The van der Waals surface area contributed by atoms with Crippen LogP contribution in [0.1, 0.15) is 24.4 Å². The van der Waals surface area contributed by atoms with E-state index in [2.05, 4.69) is 10.3 Å². The van der Waals surface area contributed by atoms with Gasteiger partial charge in [0.15, 0.2) is 5.16 Å². The van der Waals surface area contributed by atoms with Gasteiger partial charge in [-0.2, -0.15) is 0 Å². The number of nitrogens with zero attached hydrogens (tertiary/aromatic N) is 2. The fourth-order valence-corrected chi connectivity index (χ4v) is 3.95. The van der Waals surface area contributed by atoms with Crippen LogP contribution in [0.25, 0.3) is 10.9 Å². The average Bonchev–Trinajstić information content (AvgIpc) is 3.52. The standard InChI is InChI=1S/C21H21N3O2S/c25-19(22-13-12-15-6-2-1-3-7-15)14-27-21-23-18-9-5-4-8-17(18)20(26)24(21)16-10-11-16/h1-9,16H,10-14H2,(H,22,25). The molecule has 1 saturated carbocycles. The highest BCUT2D eigenvalue weighted by Gasteiger charge is 2.28. The fraction of sp³-hybridized carbons (Fsp3) is 0.286. The molecule has 1 fully saturated rings. The molecule has 1 amide bonds. The van der Waals surface area contributed by atoms with Crippen LogP contribution in [0, 0.1) is 0 Å². The van der Waals surface area contributed by atoms with Crippen molar-refractivity contribution in [1.82, 2.24) is 14.9 Å². The number of benzene rings is 2. The van der Waals surface area contributed by atoms with Gasteiger partial charge < -0.3 is 5.32 Å². The van der Waals surface area contributed by atoms with E-state index in [1.165, 1.54) is 17.3 Å². The summed E-state index contributed by atoms with van der Waals surface area (Å²) >= 11 is 1.34. The van der Waals surface area contributed by atoms with Gasteiger partial charge in [-0.1, -0.05) is 54.2 Å². The van der Waals surface area contributed by atoms with Gasteiger partial charge in [0.1, 0.15) is 0 Å². The Labute approximate surface area is 161 Å². The van der Waals surface area contributed by atoms with Gasteiger partial charge in [0.05, 0.1) is 16.7 Å². The third-order valence-corrected chi connectivity index (χ3v) is 5.55. The van der Waals surface area contributed by atoms with Crippen molar-refractivity contribution in [2.75, 3.05) is 12.3 Å². The van der Waals surface area contributed by atoms with Crippen LogP contribution in [0.3, 0.4) is 0 Å². The lowest BCUT2D eigenvalue weighted by molar-refractivity contribution is -0.118. The first kappa shape index (κ1) is 17.8. The second-order valence-corrected chi connectivity index (χ2v) is 7.63. The molecular formula is C21H21N3O2S. The van der Waals surface area contributed by atoms with Crippen LogP contribution in [-0.2, 0) is 11.2 Å². The SMILES string of the molecule is O=C(CSc1nc2ccccc2c(=O)n1C1CC1)NCCc1ccccc1. The summed E-state index contributed by atoms with van der Waals surface area (Å²) in [7, 11) is 0. The van der Waals surface area contributed by atoms with E-state index >= 15 is 0 Å². The maximum absolute atomic E-state index is 12.8. The Morgan fingerprint density at radius 1 is 1.11 bits per heavy atom. The minimum absolute atomic E-state index is 0.00455. The molecule has 0 saturated heterocycles. The number of para-hydroxylation sites is 1. The predicted molar refractivity (Wildman–Crippen MR) is 108 cm³/mol. The van der Waals surface area contributed by atoms with E-state index in [9.17, 15) is 9.59 Å². The summed E-state index contributed by atoms with van der Waals surface area (Å²) in [6, 6.07) is 17.7. The number of carbonyl (C=O) groups excluding carboxylic acids is 1. The zero-order valence-electron chi connectivity index (χ0n) is 14.9. The second-order valence-electron chi connectivity index (χ2n) is 6.69. The van der Waals surface area contributed by atoms with Crippen LogP contribution in [0.5, 0.6) is 0 Å². The second kappa shape index (κ2) is 7.96. The monoisotopic (exact) mass is 379 g/mol. The van der Waals surface area contributed by atoms with Crippen molar-refractivity contribution in [3.63, 3.8) is 0 Å². The van der Waals surface area contributed by atoms with Crippen molar-refractivity contribution >= 4 is 28.6 Å². The van der Waals surface area contributed by atoms with Crippen LogP contribution < -0.4 is 10.9 Å². The Balaban J connectivity index is 1.41. The Bertz CT molecular complexity index is 1010. The topological polar surface area (TPSA) is 64.0 Å². The largest absolute Gasteiger partial charge is 0.355 e. The molecule has 0 spiro atoms. The molecule has 0 atom stereocenters. The Morgan fingerprint density at radius 3 is 2.63 bits per heavy atom. The smallest absolute Gasteiger partial charge is 0.262 e. The summed E-state index contributed by atoms with van der Waals surface area (Å²) in [5.41, 5.74) is 1.88. The molecule has 27 heavy (non-hydrogen) atoms. The van der Waals surface area contributed by atoms with Gasteiger partial charge in [-0.3, -0.25) is 14.2 Å². The summed E-state index contributed by atoms with van der Waals surface area (Å²) in [5, 5.41) is 4.22. The Hall–Kier alpha value is -2.60. The molecule has 0 unspecified atom stereocenters. The van der Waals surface area contributed by atoms with E-state index in [-0.39, 0.29) is 23.3 Å². The van der Waals surface area contributed by atoms with Crippen molar-refractivity contribution in [3.8, 4) is 0 Å². The number of amides is 1. The molecule has 1 aromatic heterocycles. The van der Waals surface area contributed by atoms with E-state index in [1.807, 2.05) is 54.6 Å². The molecule has 0 bridgehead atoms. The first-order valence-corrected chi connectivity index (χ1v) is 10.2. The van der Waals surface area contributed by atoms with Gasteiger partial charge in [-0.05, 0) is 37.0 Å². The summed E-state index contributed by atoms with van der Waals surface area (Å²) in [4.78, 5) is 29.7. The molecule has 1 heterocycles. The number of hydrogen-bond donors (Lipinski definition) is 1. The lowest BCUT2D eigenvalue weighted by atomic mass is 10.1. The van der Waals surface area contributed by atoms with Crippen molar-refractivity contribution in [3.05, 3.63) is 70.5 Å². The molecular weight excluding hydrogens is 358 g/mol. The lowest BCUT2D eigenvalue weighted by Gasteiger charge is -2.12. The van der Waals surface area contributed by atoms with Crippen molar-refractivity contribution in [2.45, 2.75) is 30.5 Å². The van der Waals surface area contributed by atoms with Gasteiger partial charge in [-0.25, -0.2) is 4.98 Å². The number of carbonyl (C=O) groups is 1. The normalized spacial score (nSPS) is 13.6. The molecule has 1 N–H and O–H groups in total. The van der Waals surface area contributed by atoms with Crippen molar-refractivity contribution in [1.29, 1.82) is 0 Å². The molecule has 0 radical (unpaired) electrons. The molecule has 1 aliphatic carbocycles. The average molecular weight is 379 g/mol.